The van der Waals surface area contributed by atoms with Crippen molar-refractivity contribution in [2.24, 2.45) is 5.41 Å². The molecule has 0 saturated heterocycles. The van der Waals surface area contributed by atoms with Gasteiger partial charge in [-0.15, -0.1) is 0 Å². The molecule has 0 aromatic heterocycles. The van der Waals surface area contributed by atoms with Crippen LogP contribution in [0.25, 0.3) is 0 Å². The van der Waals surface area contributed by atoms with Crippen molar-refractivity contribution < 1.29 is 15.0 Å². The second-order valence-corrected chi connectivity index (χ2v) is 5.11. The molecule has 0 aliphatic heterocycles. The van der Waals surface area contributed by atoms with Gasteiger partial charge in [0.1, 0.15) is 5.75 Å². The van der Waals surface area contributed by atoms with E-state index in [1.165, 1.54) is 0 Å². The van der Waals surface area contributed by atoms with E-state index in [4.69, 9.17) is 5.11 Å². The maximum absolute atomic E-state index is 10.8. The van der Waals surface area contributed by atoms with Gasteiger partial charge >= 0.3 is 5.97 Å². The van der Waals surface area contributed by atoms with Gasteiger partial charge in [0.05, 0.1) is 6.42 Å². The third-order valence-electron chi connectivity index (χ3n) is 2.72. The predicted octanol–water partition coefficient (Wildman–Crippen LogP) is 3.00. The molecule has 0 fully saturated rings. The Morgan fingerprint density at radius 3 is 2.12 bits per heavy atom. The average molecular weight is 222 g/mol. The summed E-state index contributed by atoms with van der Waals surface area (Å²) in [6, 6.07) is 6.76. The molecule has 88 valence electrons. The van der Waals surface area contributed by atoms with Crippen LogP contribution in [-0.4, -0.2) is 16.2 Å². The van der Waals surface area contributed by atoms with E-state index >= 15 is 0 Å². The fourth-order valence-corrected chi connectivity index (χ4v) is 1.81. The number of hydrogen-bond donors (Lipinski definition) is 2. The topological polar surface area (TPSA) is 57.5 Å². The second-order valence-electron chi connectivity index (χ2n) is 5.11. The highest BCUT2D eigenvalue weighted by atomic mass is 16.4. The van der Waals surface area contributed by atoms with Gasteiger partial charge < -0.3 is 10.2 Å². The zero-order chi connectivity index (χ0) is 12.3. The second kappa shape index (κ2) is 4.56. The van der Waals surface area contributed by atoms with Gasteiger partial charge in [0.25, 0.3) is 0 Å². The molecule has 0 aliphatic rings. The number of benzene rings is 1. The van der Waals surface area contributed by atoms with E-state index in [0.717, 1.165) is 5.56 Å². The molecule has 3 nitrogen and oxygen atoms in total. The highest BCUT2D eigenvalue weighted by Gasteiger charge is 2.28. The van der Waals surface area contributed by atoms with Crippen LogP contribution < -0.4 is 0 Å². The molecule has 1 aromatic carbocycles. The van der Waals surface area contributed by atoms with Crippen molar-refractivity contribution in [2.75, 3.05) is 0 Å². The Balaban J connectivity index is 3.01. The molecule has 2 N–H and O–H groups in total. The van der Waals surface area contributed by atoms with Crippen LogP contribution in [0.3, 0.4) is 0 Å². The molecule has 16 heavy (non-hydrogen) atoms. The summed E-state index contributed by atoms with van der Waals surface area (Å²) in [7, 11) is 0. The van der Waals surface area contributed by atoms with Crippen LogP contribution in [0.4, 0.5) is 0 Å². The Hall–Kier alpha value is -1.51. The quantitative estimate of drug-likeness (QED) is 0.826. The number of phenols is 1. The summed E-state index contributed by atoms with van der Waals surface area (Å²) in [6.45, 7) is 6.06. The van der Waals surface area contributed by atoms with Crippen molar-refractivity contribution in [3.05, 3.63) is 29.8 Å². The van der Waals surface area contributed by atoms with Gasteiger partial charge in [0, 0.05) is 0 Å². The van der Waals surface area contributed by atoms with Gasteiger partial charge in [-0.05, 0) is 29.0 Å². The lowest BCUT2D eigenvalue weighted by molar-refractivity contribution is -0.138. The Morgan fingerprint density at radius 2 is 1.75 bits per heavy atom. The van der Waals surface area contributed by atoms with Crippen molar-refractivity contribution in [3.63, 3.8) is 0 Å². The van der Waals surface area contributed by atoms with Gasteiger partial charge in [-0.3, -0.25) is 4.79 Å². The molecule has 1 aromatic rings. The molecule has 0 heterocycles. The first-order valence-electron chi connectivity index (χ1n) is 5.31. The molecule has 1 unspecified atom stereocenters. The normalized spacial score (nSPS) is 13.4. The molecule has 3 heteroatoms. The van der Waals surface area contributed by atoms with E-state index in [1.54, 1.807) is 24.3 Å². The number of hydrogen-bond acceptors (Lipinski definition) is 2. The van der Waals surface area contributed by atoms with Gasteiger partial charge in [0.2, 0.25) is 0 Å². The lowest BCUT2D eigenvalue weighted by atomic mass is 9.74. The number of carbonyl (C=O) groups is 1. The van der Waals surface area contributed by atoms with E-state index in [0.29, 0.717) is 0 Å². The molecular formula is C13H18O3. The first-order chi connectivity index (χ1) is 7.30. The Labute approximate surface area is 95.7 Å². The van der Waals surface area contributed by atoms with E-state index < -0.39 is 5.97 Å². The highest BCUT2D eigenvalue weighted by molar-refractivity contribution is 5.68. The fourth-order valence-electron chi connectivity index (χ4n) is 1.81. The first-order valence-corrected chi connectivity index (χ1v) is 5.31. The molecule has 0 aliphatic carbocycles. The van der Waals surface area contributed by atoms with Crippen molar-refractivity contribution in [1.82, 2.24) is 0 Å². The lowest BCUT2D eigenvalue weighted by Crippen LogP contribution is -2.21. The summed E-state index contributed by atoms with van der Waals surface area (Å²) >= 11 is 0. The third kappa shape index (κ3) is 3.26. The molecule has 0 bridgehead atoms. The number of aromatic hydroxyl groups is 1. The zero-order valence-corrected chi connectivity index (χ0v) is 9.90. The lowest BCUT2D eigenvalue weighted by Gasteiger charge is -2.30. The largest absolute Gasteiger partial charge is 0.508 e. The number of phenolic OH excluding ortho intramolecular Hbond substituents is 1. The van der Waals surface area contributed by atoms with Crippen molar-refractivity contribution in [3.8, 4) is 5.75 Å². The average Bonchev–Trinajstić information content (AvgIpc) is 2.14. The Morgan fingerprint density at radius 1 is 1.25 bits per heavy atom. The molecule has 0 amide bonds. The van der Waals surface area contributed by atoms with Gasteiger partial charge in [-0.1, -0.05) is 32.9 Å². The minimum absolute atomic E-state index is 0.0504. The maximum atomic E-state index is 10.8. The summed E-state index contributed by atoms with van der Waals surface area (Å²) in [5, 5.41) is 18.1. The van der Waals surface area contributed by atoms with E-state index in [9.17, 15) is 9.90 Å². The minimum Gasteiger partial charge on any atom is -0.508 e. The maximum Gasteiger partial charge on any atom is 0.303 e. The van der Waals surface area contributed by atoms with Crippen LogP contribution in [0.2, 0.25) is 0 Å². The first kappa shape index (κ1) is 12.6. The van der Waals surface area contributed by atoms with Crippen LogP contribution in [0.1, 0.15) is 38.7 Å². The monoisotopic (exact) mass is 222 g/mol. The van der Waals surface area contributed by atoms with E-state index in [1.807, 2.05) is 20.8 Å². The van der Waals surface area contributed by atoms with Crippen LogP contribution in [0.15, 0.2) is 24.3 Å². The molecular weight excluding hydrogens is 204 g/mol. The summed E-state index contributed by atoms with van der Waals surface area (Å²) in [4.78, 5) is 10.8. The number of rotatable bonds is 3. The van der Waals surface area contributed by atoms with E-state index in [2.05, 4.69) is 0 Å². The molecule has 0 spiro atoms. The van der Waals surface area contributed by atoms with Crippen LogP contribution >= 0.6 is 0 Å². The van der Waals surface area contributed by atoms with Gasteiger partial charge in [-0.25, -0.2) is 0 Å². The van der Waals surface area contributed by atoms with Gasteiger partial charge in [0.15, 0.2) is 0 Å². The highest BCUT2D eigenvalue weighted by Crippen LogP contribution is 2.38. The van der Waals surface area contributed by atoms with E-state index in [-0.39, 0.29) is 23.5 Å². The number of aliphatic carboxylic acids is 1. The van der Waals surface area contributed by atoms with Gasteiger partial charge in [-0.2, -0.15) is 0 Å². The third-order valence-corrected chi connectivity index (χ3v) is 2.72. The SMILES string of the molecule is CC(C)(C)C(CC(=O)O)c1ccc(O)cc1. The molecule has 0 saturated carbocycles. The molecule has 1 atom stereocenters. The zero-order valence-electron chi connectivity index (χ0n) is 9.90. The van der Waals surface area contributed by atoms with Crippen LogP contribution in [-0.2, 0) is 4.79 Å². The summed E-state index contributed by atoms with van der Waals surface area (Å²) in [5.41, 5.74) is 0.836. The number of carboxylic acids is 1. The van der Waals surface area contributed by atoms with Crippen LogP contribution in [0.5, 0.6) is 5.75 Å². The van der Waals surface area contributed by atoms with Crippen molar-refractivity contribution in [2.45, 2.75) is 33.1 Å². The summed E-state index contributed by atoms with van der Waals surface area (Å²) in [5.74, 6) is -0.648. The summed E-state index contributed by atoms with van der Waals surface area (Å²) in [6.07, 6.45) is 0.105. The summed E-state index contributed by atoms with van der Waals surface area (Å²) < 4.78 is 0. The Bertz CT molecular complexity index is 360. The smallest absolute Gasteiger partial charge is 0.303 e. The van der Waals surface area contributed by atoms with Crippen molar-refractivity contribution >= 4 is 5.97 Å². The van der Waals surface area contributed by atoms with Crippen LogP contribution in [0, 0.1) is 5.41 Å². The fraction of sp³-hybridized carbons (Fsp3) is 0.462. The minimum atomic E-state index is -0.798. The predicted molar refractivity (Wildman–Crippen MR) is 62.6 cm³/mol. The molecule has 0 radical (unpaired) electrons. The Kier molecular flexibility index (Phi) is 3.58. The van der Waals surface area contributed by atoms with Crippen molar-refractivity contribution in [1.29, 1.82) is 0 Å². The molecule has 1 rings (SSSR count). The standard InChI is InChI=1S/C13H18O3/c1-13(2,3)11(8-12(15)16)9-4-6-10(14)7-5-9/h4-7,11,14H,8H2,1-3H3,(H,15,16). The number of carboxylic acid groups (broad SMARTS) is 1.